The minimum Gasteiger partial charge on any atom is -0.478 e. The Balaban J connectivity index is 1.43. The number of ether oxygens (including phenoxy) is 3. The van der Waals surface area contributed by atoms with E-state index in [4.69, 9.17) is 14.2 Å². The Labute approximate surface area is 259 Å². The molecule has 2 heterocycles. The monoisotopic (exact) mass is 599 g/mol. The Hall–Kier alpha value is -3.78. The van der Waals surface area contributed by atoms with Crippen molar-refractivity contribution in [3.63, 3.8) is 0 Å². The molecule has 0 saturated carbocycles. The first-order valence-electron chi connectivity index (χ1n) is 15.4. The Morgan fingerprint density at radius 1 is 0.932 bits per heavy atom. The van der Waals surface area contributed by atoms with Gasteiger partial charge in [0.05, 0.1) is 30.1 Å². The lowest BCUT2D eigenvalue weighted by Gasteiger charge is -2.41. The zero-order valence-corrected chi connectivity index (χ0v) is 26.0. The molecule has 1 fully saturated rings. The fraction of sp³-hybridized carbons (Fsp3) is 0.378. The van der Waals surface area contributed by atoms with E-state index in [2.05, 4.69) is 16.7 Å². The van der Waals surface area contributed by atoms with Gasteiger partial charge in [0.25, 0.3) is 0 Å². The van der Waals surface area contributed by atoms with Gasteiger partial charge in [-0.3, -0.25) is 0 Å². The number of halogens is 1. The van der Waals surface area contributed by atoms with Gasteiger partial charge in [0.15, 0.2) is 5.79 Å². The van der Waals surface area contributed by atoms with E-state index in [1.807, 2.05) is 76.2 Å². The van der Waals surface area contributed by atoms with Crippen LogP contribution in [0.25, 0.3) is 22.4 Å². The molecule has 6 nitrogen and oxygen atoms in total. The van der Waals surface area contributed by atoms with E-state index in [9.17, 15) is 14.3 Å². The largest absolute Gasteiger partial charge is 0.478 e. The summed E-state index contributed by atoms with van der Waals surface area (Å²) in [6.45, 7) is 9.57. The van der Waals surface area contributed by atoms with Gasteiger partial charge < -0.3 is 23.9 Å². The number of nitrogens with zero attached hydrogens (tertiary/aromatic N) is 1. The van der Waals surface area contributed by atoms with Crippen LogP contribution in [-0.2, 0) is 27.4 Å². The second-order valence-electron chi connectivity index (χ2n) is 12.2. The molecular formula is C37H42FNO5. The number of carboxylic acid groups (broad SMARTS) is 1. The standard InChI is InChI=1S/C37H42FNO5/c1-25(2)34-33(36(40)41)32(27-13-9-6-10-14-27)35(28-15-17-29(38)18-16-28)39(34)21-19-30-23-31(44-37(3,4)43-30)20-22-42-24-26-11-7-5-8-12-26/h5-18,25,30-31H,19-24H2,1-4H3,(H,40,41)/t30-,31+/m1/s1. The fourth-order valence-electron chi connectivity index (χ4n) is 6.31. The van der Waals surface area contributed by atoms with Crippen molar-refractivity contribution in [2.24, 2.45) is 0 Å². The molecule has 232 valence electrons. The lowest BCUT2D eigenvalue weighted by atomic mass is 9.95. The predicted octanol–water partition coefficient (Wildman–Crippen LogP) is 8.69. The molecule has 2 atom stereocenters. The van der Waals surface area contributed by atoms with Gasteiger partial charge in [-0.15, -0.1) is 0 Å². The Kier molecular flexibility index (Phi) is 9.99. The molecule has 7 heteroatoms. The molecule has 0 radical (unpaired) electrons. The van der Waals surface area contributed by atoms with Crippen LogP contribution in [0.4, 0.5) is 4.39 Å². The highest BCUT2D eigenvalue weighted by atomic mass is 19.1. The summed E-state index contributed by atoms with van der Waals surface area (Å²) >= 11 is 0. The van der Waals surface area contributed by atoms with Crippen molar-refractivity contribution in [3.05, 3.63) is 108 Å². The van der Waals surface area contributed by atoms with Crippen LogP contribution in [0.5, 0.6) is 0 Å². The highest BCUT2D eigenvalue weighted by Crippen LogP contribution is 2.42. The topological polar surface area (TPSA) is 69.9 Å². The van der Waals surface area contributed by atoms with Gasteiger partial charge in [0.1, 0.15) is 5.82 Å². The molecule has 0 spiro atoms. The van der Waals surface area contributed by atoms with E-state index in [1.165, 1.54) is 12.1 Å². The quantitative estimate of drug-likeness (QED) is 0.165. The number of hydrogen-bond donors (Lipinski definition) is 1. The maximum absolute atomic E-state index is 14.0. The number of carboxylic acids is 1. The number of hydrogen-bond acceptors (Lipinski definition) is 4. The second-order valence-corrected chi connectivity index (χ2v) is 12.2. The van der Waals surface area contributed by atoms with Gasteiger partial charge in [-0.05, 0) is 73.6 Å². The molecule has 0 aliphatic carbocycles. The first-order chi connectivity index (χ1) is 21.1. The van der Waals surface area contributed by atoms with Gasteiger partial charge in [0.2, 0.25) is 0 Å². The van der Waals surface area contributed by atoms with Gasteiger partial charge >= 0.3 is 5.97 Å². The average molecular weight is 600 g/mol. The first-order valence-corrected chi connectivity index (χ1v) is 15.4. The van der Waals surface area contributed by atoms with Crippen molar-refractivity contribution >= 4 is 5.97 Å². The summed E-state index contributed by atoms with van der Waals surface area (Å²) in [5.41, 5.74) is 5.16. The van der Waals surface area contributed by atoms with E-state index in [0.717, 1.165) is 34.5 Å². The third-order valence-corrected chi connectivity index (χ3v) is 8.04. The molecule has 5 rings (SSSR count). The van der Waals surface area contributed by atoms with Crippen LogP contribution in [0, 0.1) is 5.82 Å². The molecule has 1 aromatic heterocycles. The summed E-state index contributed by atoms with van der Waals surface area (Å²) in [6.07, 6.45) is 1.98. The van der Waals surface area contributed by atoms with E-state index in [1.54, 1.807) is 12.1 Å². The summed E-state index contributed by atoms with van der Waals surface area (Å²) in [7, 11) is 0. The van der Waals surface area contributed by atoms with Gasteiger partial charge in [-0.1, -0.05) is 74.5 Å². The van der Waals surface area contributed by atoms with Crippen molar-refractivity contribution in [3.8, 4) is 22.4 Å². The lowest BCUT2D eigenvalue weighted by Crippen LogP contribution is -2.45. The molecule has 4 aromatic rings. The van der Waals surface area contributed by atoms with Crippen LogP contribution < -0.4 is 0 Å². The molecule has 3 aromatic carbocycles. The Bertz CT molecular complexity index is 1530. The number of rotatable bonds is 12. The molecule has 44 heavy (non-hydrogen) atoms. The summed E-state index contributed by atoms with van der Waals surface area (Å²) in [5, 5.41) is 10.6. The summed E-state index contributed by atoms with van der Waals surface area (Å²) in [5.74, 6) is -2.15. The van der Waals surface area contributed by atoms with Gasteiger partial charge in [-0.25, -0.2) is 9.18 Å². The van der Waals surface area contributed by atoms with Crippen LogP contribution in [-0.4, -0.2) is 40.2 Å². The fourth-order valence-corrected chi connectivity index (χ4v) is 6.31. The first kappa shape index (κ1) is 31.6. The predicted molar refractivity (Wildman–Crippen MR) is 170 cm³/mol. The minimum absolute atomic E-state index is 0.0280. The average Bonchev–Trinajstić information content (AvgIpc) is 3.35. The van der Waals surface area contributed by atoms with Crippen molar-refractivity contribution in [2.75, 3.05) is 6.61 Å². The zero-order chi connectivity index (χ0) is 31.3. The van der Waals surface area contributed by atoms with Crippen molar-refractivity contribution in [1.82, 2.24) is 4.57 Å². The van der Waals surface area contributed by atoms with Crippen LogP contribution in [0.1, 0.15) is 74.5 Å². The molecule has 0 amide bonds. The molecule has 0 bridgehead atoms. The summed E-state index contributed by atoms with van der Waals surface area (Å²) in [4.78, 5) is 12.9. The van der Waals surface area contributed by atoms with Crippen molar-refractivity contribution < 1.29 is 28.5 Å². The molecule has 1 aliphatic rings. The van der Waals surface area contributed by atoms with E-state index in [0.29, 0.717) is 38.2 Å². The van der Waals surface area contributed by atoms with Gasteiger partial charge in [-0.2, -0.15) is 0 Å². The number of benzene rings is 3. The number of carbonyl (C=O) groups is 1. The van der Waals surface area contributed by atoms with Crippen LogP contribution >= 0.6 is 0 Å². The minimum atomic E-state index is -0.978. The van der Waals surface area contributed by atoms with E-state index in [-0.39, 0.29) is 29.5 Å². The highest BCUT2D eigenvalue weighted by molar-refractivity contribution is 6.03. The lowest BCUT2D eigenvalue weighted by molar-refractivity contribution is -0.302. The van der Waals surface area contributed by atoms with Crippen LogP contribution in [0.15, 0.2) is 84.9 Å². The van der Waals surface area contributed by atoms with E-state index >= 15 is 0 Å². The third kappa shape index (κ3) is 7.46. The number of aromatic nitrogens is 1. The normalized spacial score (nSPS) is 18.0. The third-order valence-electron chi connectivity index (χ3n) is 8.04. The molecule has 1 N–H and O–H groups in total. The molecule has 0 unspecified atom stereocenters. The van der Waals surface area contributed by atoms with Crippen molar-refractivity contribution in [1.29, 1.82) is 0 Å². The Morgan fingerprint density at radius 2 is 1.55 bits per heavy atom. The van der Waals surface area contributed by atoms with Crippen molar-refractivity contribution in [2.45, 2.75) is 84.0 Å². The maximum Gasteiger partial charge on any atom is 0.338 e. The summed E-state index contributed by atoms with van der Waals surface area (Å²) < 4.78 is 34.7. The van der Waals surface area contributed by atoms with E-state index < -0.39 is 11.8 Å². The van der Waals surface area contributed by atoms with Crippen LogP contribution in [0.2, 0.25) is 0 Å². The van der Waals surface area contributed by atoms with Gasteiger partial charge in [0, 0.05) is 30.8 Å². The number of aromatic carboxylic acids is 1. The maximum atomic E-state index is 14.0. The highest BCUT2D eigenvalue weighted by Gasteiger charge is 2.36. The molecule has 1 saturated heterocycles. The summed E-state index contributed by atoms with van der Waals surface area (Å²) in [6, 6.07) is 26.0. The Morgan fingerprint density at radius 3 is 2.16 bits per heavy atom. The SMILES string of the molecule is CC(C)c1c(C(=O)O)c(-c2ccccc2)c(-c2ccc(F)cc2)n1CC[C@@H]1C[C@H](CCOCc2ccccc2)OC(C)(C)O1. The second kappa shape index (κ2) is 13.9. The van der Waals surface area contributed by atoms with Crippen LogP contribution in [0.3, 0.4) is 0 Å². The molecule has 1 aliphatic heterocycles. The smallest absolute Gasteiger partial charge is 0.338 e. The molecular weight excluding hydrogens is 557 g/mol. The zero-order valence-electron chi connectivity index (χ0n) is 26.0.